The third-order valence-electron chi connectivity index (χ3n) is 6.85. The van der Waals surface area contributed by atoms with Crippen molar-refractivity contribution in [1.82, 2.24) is 0 Å². The molecule has 0 fully saturated rings. The highest BCUT2D eigenvalue weighted by atomic mass is 16.5. The van der Waals surface area contributed by atoms with Crippen molar-refractivity contribution in [3.63, 3.8) is 0 Å². The highest BCUT2D eigenvalue weighted by Gasteiger charge is 2.46. The lowest BCUT2D eigenvalue weighted by atomic mass is 9.81. The van der Waals surface area contributed by atoms with Gasteiger partial charge in [0.25, 0.3) is 0 Å². The molecule has 5 rings (SSSR count). The first kappa shape index (κ1) is 23.5. The van der Waals surface area contributed by atoms with Crippen molar-refractivity contribution in [3.8, 4) is 17.2 Å². The van der Waals surface area contributed by atoms with Crippen molar-refractivity contribution >= 4 is 22.3 Å². The number of benzene rings is 4. The number of Topliss-reactive ketones (excluding diaryl/α,β-unsaturated/α-hetero) is 1. The topological polar surface area (TPSA) is 54.0 Å². The van der Waals surface area contributed by atoms with Gasteiger partial charge in [-0.1, -0.05) is 54.6 Å². The predicted molar refractivity (Wildman–Crippen MR) is 141 cm³/mol. The largest absolute Gasteiger partial charge is 0.497 e. The van der Waals surface area contributed by atoms with Gasteiger partial charge in [0.15, 0.2) is 11.4 Å². The molecule has 5 nitrogen and oxygen atoms in total. The zero-order valence-corrected chi connectivity index (χ0v) is 20.8. The fraction of sp³-hybridized carbons (Fsp3) is 0.194. The molecule has 0 N–H and O–H groups in total. The van der Waals surface area contributed by atoms with E-state index < -0.39 is 5.60 Å². The first-order valence-corrected chi connectivity index (χ1v) is 11.8. The maximum atomic E-state index is 13.1. The summed E-state index contributed by atoms with van der Waals surface area (Å²) in [7, 11) is 4.91. The van der Waals surface area contributed by atoms with Gasteiger partial charge in [0.05, 0.1) is 26.9 Å². The Bertz CT molecular complexity index is 1400. The van der Waals surface area contributed by atoms with E-state index in [1.807, 2.05) is 84.9 Å². The number of ether oxygens (including phenoxy) is 4. The number of fused-ring (bicyclic) bond motifs is 1. The Morgan fingerprint density at radius 3 is 1.86 bits per heavy atom. The highest BCUT2D eigenvalue weighted by Crippen LogP contribution is 2.52. The molecule has 0 radical (unpaired) electrons. The van der Waals surface area contributed by atoms with E-state index in [2.05, 4.69) is 0 Å². The van der Waals surface area contributed by atoms with Crippen LogP contribution in [0.5, 0.6) is 17.2 Å². The van der Waals surface area contributed by atoms with Crippen LogP contribution in [0.1, 0.15) is 30.0 Å². The minimum absolute atomic E-state index is 0.0381. The van der Waals surface area contributed by atoms with Crippen LogP contribution in [0.15, 0.2) is 90.5 Å². The summed E-state index contributed by atoms with van der Waals surface area (Å²) in [5, 5.41) is 2.00. The molecule has 0 saturated carbocycles. The minimum Gasteiger partial charge on any atom is -0.497 e. The molecule has 0 unspecified atom stereocenters. The molecule has 182 valence electrons. The highest BCUT2D eigenvalue weighted by molar-refractivity contribution is 6.06. The molecule has 4 aromatic carbocycles. The monoisotopic (exact) mass is 480 g/mol. The quantitative estimate of drug-likeness (QED) is 0.301. The summed E-state index contributed by atoms with van der Waals surface area (Å²) in [6, 6.07) is 27.6. The van der Waals surface area contributed by atoms with Crippen molar-refractivity contribution in [2.24, 2.45) is 0 Å². The van der Waals surface area contributed by atoms with Crippen LogP contribution in [0.4, 0.5) is 0 Å². The number of hydrogen-bond acceptors (Lipinski definition) is 5. The zero-order valence-electron chi connectivity index (χ0n) is 20.8. The van der Waals surface area contributed by atoms with E-state index in [1.54, 1.807) is 28.3 Å². The van der Waals surface area contributed by atoms with Gasteiger partial charge in [-0.05, 0) is 48.0 Å². The van der Waals surface area contributed by atoms with Gasteiger partial charge in [-0.2, -0.15) is 0 Å². The molecule has 5 heteroatoms. The Morgan fingerprint density at radius 1 is 0.750 bits per heavy atom. The summed E-state index contributed by atoms with van der Waals surface area (Å²) in [5.41, 5.74) is 2.32. The summed E-state index contributed by atoms with van der Waals surface area (Å²) >= 11 is 0. The molecule has 0 saturated heterocycles. The molecular formula is C31H28O5. The maximum absolute atomic E-state index is 13.1. The molecule has 0 spiro atoms. The maximum Gasteiger partial charge on any atom is 0.163 e. The average molecular weight is 481 g/mol. The number of methoxy groups -OCH3 is 3. The zero-order chi connectivity index (χ0) is 25.3. The van der Waals surface area contributed by atoms with Gasteiger partial charge < -0.3 is 18.9 Å². The Hall–Kier alpha value is -4.25. The Kier molecular flexibility index (Phi) is 6.15. The fourth-order valence-corrected chi connectivity index (χ4v) is 4.95. The molecule has 4 aromatic rings. The Balaban J connectivity index is 1.75. The fourth-order valence-electron chi connectivity index (χ4n) is 4.95. The van der Waals surface area contributed by atoms with Gasteiger partial charge in [0.1, 0.15) is 23.0 Å². The average Bonchev–Trinajstić information content (AvgIpc) is 3.34. The van der Waals surface area contributed by atoms with Crippen LogP contribution in [0.25, 0.3) is 16.5 Å². The van der Waals surface area contributed by atoms with Gasteiger partial charge in [0.2, 0.25) is 0 Å². The standard InChI is InChI=1S/C31H28O5/c1-20(32)27-19-31(22-10-14-24(33-2)15-11-22,23-12-16-25(34-3)17-13-23)36-30(27)29-26-8-6-5-7-21(26)9-18-28(29)35-4/h5-18H,19H2,1-4H3. The predicted octanol–water partition coefficient (Wildman–Crippen LogP) is 6.53. The Morgan fingerprint density at radius 2 is 1.33 bits per heavy atom. The van der Waals surface area contributed by atoms with Gasteiger partial charge in [0, 0.05) is 23.1 Å². The second kappa shape index (κ2) is 9.42. The number of carbonyl (C=O) groups excluding carboxylic acids is 1. The molecule has 0 atom stereocenters. The number of ketones is 1. The molecular weight excluding hydrogens is 452 g/mol. The van der Waals surface area contributed by atoms with E-state index in [4.69, 9.17) is 18.9 Å². The summed E-state index contributed by atoms with van der Waals surface area (Å²) in [6.45, 7) is 1.59. The first-order chi connectivity index (χ1) is 17.5. The van der Waals surface area contributed by atoms with E-state index >= 15 is 0 Å². The van der Waals surface area contributed by atoms with E-state index in [9.17, 15) is 4.79 Å². The summed E-state index contributed by atoms with van der Waals surface area (Å²) in [6.07, 6.45) is 0.378. The van der Waals surface area contributed by atoms with Crippen molar-refractivity contribution in [3.05, 3.63) is 107 Å². The lowest BCUT2D eigenvalue weighted by Crippen LogP contribution is -2.27. The number of hydrogen-bond donors (Lipinski definition) is 0. The smallest absolute Gasteiger partial charge is 0.163 e. The molecule has 1 aliphatic heterocycles. The van der Waals surface area contributed by atoms with Crippen LogP contribution >= 0.6 is 0 Å². The summed E-state index contributed by atoms with van der Waals surface area (Å²) < 4.78 is 23.5. The van der Waals surface area contributed by atoms with Crippen LogP contribution in [0, 0.1) is 0 Å². The SMILES string of the molecule is COc1ccc(C2(c3ccc(OC)cc3)CC(C(C)=O)=C(c3c(OC)ccc4ccccc34)O2)cc1. The van der Waals surface area contributed by atoms with Crippen LogP contribution in [-0.4, -0.2) is 27.1 Å². The van der Waals surface area contributed by atoms with Crippen LogP contribution in [-0.2, 0) is 15.1 Å². The summed E-state index contributed by atoms with van der Waals surface area (Å²) in [5.74, 6) is 2.66. The lowest BCUT2D eigenvalue weighted by molar-refractivity contribution is -0.113. The molecule has 0 aromatic heterocycles. The second-order valence-electron chi connectivity index (χ2n) is 8.79. The van der Waals surface area contributed by atoms with E-state index in [1.165, 1.54) is 0 Å². The third kappa shape index (κ3) is 3.87. The molecule has 1 aliphatic rings. The lowest BCUT2D eigenvalue weighted by Gasteiger charge is -2.32. The summed E-state index contributed by atoms with van der Waals surface area (Å²) in [4.78, 5) is 13.1. The second-order valence-corrected chi connectivity index (χ2v) is 8.79. The van der Waals surface area contributed by atoms with Gasteiger partial charge in [-0.25, -0.2) is 0 Å². The molecule has 0 bridgehead atoms. The van der Waals surface area contributed by atoms with Crippen LogP contribution in [0.2, 0.25) is 0 Å². The number of rotatable bonds is 7. The molecule has 36 heavy (non-hydrogen) atoms. The van der Waals surface area contributed by atoms with Crippen LogP contribution in [0.3, 0.4) is 0 Å². The van der Waals surface area contributed by atoms with Gasteiger partial charge in [-0.15, -0.1) is 0 Å². The van der Waals surface area contributed by atoms with Crippen molar-refractivity contribution in [1.29, 1.82) is 0 Å². The van der Waals surface area contributed by atoms with Gasteiger partial charge in [-0.3, -0.25) is 4.79 Å². The minimum atomic E-state index is -0.920. The molecule has 1 heterocycles. The van der Waals surface area contributed by atoms with E-state index in [0.29, 0.717) is 23.5 Å². The van der Waals surface area contributed by atoms with Crippen molar-refractivity contribution < 1.29 is 23.7 Å². The van der Waals surface area contributed by atoms with Crippen molar-refractivity contribution in [2.75, 3.05) is 21.3 Å². The normalized spacial score (nSPS) is 14.4. The first-order valence-electron chi connectivity index (χ1n) is 11.8. The van der Waals surface area contributed by atoms with Gasteiger partial charge >= 0.3 is 0 Å². The molecule has 0 amide bonds. The third-order valence-corrected chi connectivity index (χ3v) is 6.85. The van der Waals surface area contributed by atoms with Crippen LogP contribution < -0.4 is 14.2 Å². The Labute approximate surface area is 210 Å². The molecule has 0 aliphatic carbocycles. The van der Waals surface area contributed by atoms with E-state index in [0.717, 1.165) is 39.0 Å². The van der Waals surface area contributed by atoms with Crippen molar-refractivity contribution in [2.45, 2.75) is 18.9 Å². The number of carbonyl (C=O) groups is 1. The van der Waals surface area contributed by atoms with E-state index in [-0.39, 0.29) is 5.78 Å².